The standard InChI is InChI=1S/C17H18ClN3O4S/c1-3-19-15(23)10(2)20-14(22)8-25-17(24)13-9-26-16(21-13)11-5-4-6-12(18)7-11/h4-7,9-10H,3,8H2,1-2H3,(H,19,23)(H,20,22)/t10-/m1/s1. The fourth-order valence-electron chi connectivity index (χ4n) is 2.00. The first-order valence-electron chi connectivity index (χ1n) is 7.86. The van der Waals surface area contributed by atoms with Crippen LogP contribution in [-0.4, -0.2) is 42.0 Å². The minimum atomic E-state index is -0.713. The number of carbonyl (C=O) groups is 3. The lowest BCUT2D eigenvalue weighted by molar-refractivity contribution is -0.130. The van der Waals surface area contributed by atoms with Crippen LogP contribution in [-0.2, 0) is 14.3 Å². The molecule has 0 unspecified atom stereocenters. The maximum atomic E-state index is 12.0. The van der Waals surface area contributed by atoms with Gasteiger partial charge >= 0.3 is 5.97 Å². The van der Waals surface area contributed by atoms with Crippen molar-refractivity contribution in [3.63, 3.8) is 0 Å². The number of aromatic nitrogens is 1. The van der Waals surface area contributed by atoms with E-state index in [9.17, 15) is 14.4 Å². The Hall–Kier alpha value is -2.45. The van der Waals surface area contributed by atoms with Crippen LogP contribution >= 0.6 is 22.9 Å². The van der Waals surface area contributed by atoms with E-state index in [1.54, 1.807) is 37.4 Å². The smallest absolute Gasteiger partial charge is 0.358 e. The van der Waals surface area contributed by atoms with E-state index in [1.165, 1.54) is 11.3 Å². The molecular weight excluding hydrogens is 378 g/mol. The van der Waals surface area contributed by atoms with Crippen molar-refractivity contribution in [1.82, 2.24) is 15.6 Å². The Morgan fingerprint density at radius 1 is 1.35 bits per heavy atom. The van der Waals surface area contributed by atoms with Gasteiger partial charge in [0, 0.05) is 22.5 Å². The number of nitrogens with one attached hydrogen (secondary N) is 2. The molecule has 0 bridgehead atoms. The number of benzene rings is 1. The molecule has 0 fully saturated rings. The van der Waals surface area contributed by atoms with E-state index in [0.29, 0.717) is 16.6 Å². The summed E-state index contributed by atoms with van der Waals surface area (Å²) < 4.78 is 4.94. The number of hydrogen-bond donors (Lipinski definition) is 2. The second-order valence-corrected chi connectivity index (χ2v) is 6.60. The number of esters is 1. The average Bonchev–Trinajstić information content (AvgIpc) is 3.10. The van der Waals surface area contributed by atoms with E-state index in [2.05, 4.69) is 15.6 Å². The Morgan fingerprint density at radius 3 is 2.81 bits per heavy atom. The number of halogens is 1. The largest absolute Gasteiger partial charge is 0.451 e. The summed E-state index contributed by atoms with van der Waals surface area (Å²) in [5.41, 5.74) is 0.893. The quantitative estimate of drug-likeness (QED) is 0.701. The normalized spacial score (nSPS) is 11.5. The van der Waals surface area contributed by atoms with Crippen LogP contribution < -0.4 is 10.6 Å². The minimum Gasteiger partial charge on any atom is -0.451 e. The second kappa shape index (κ2) is 9.30. The highest BCUT2D eigenvalue weighted by molar-refractivity contribution is 7.13. The number of likely N-dealkylation sites (N-methyl/N-ethyl adjacent to an activating group) is 1. The molecule has 0 aliphatic heterocycles. The topological polar surface area (TPSA) is 97.4 Å². The zero-order valence-electron chi connectivity index (χ0n) is 14.2. The lowest BCUT2D eigenvalue weighted by Gasteiger charge is -2.13. The zero-order chi connectivity index (χ0) is 19.1. The summed E-state index contributed by atoms with van der Waals surface area (Å²) in [6.07, 6.45) is 0. The van der Waals surface area contributed by atoms with Crippen LogP contribution in [0.3, 0.4) is 0 Å². The van der Waals surface area contributed by atoms with Gasteiger partial charge in [0.15, 0.2) is 12.3 Å². The molecule has 0 aliphatic carbocycles. The number of hydrogen-bond acceptors (Lipinski definition) is 6. The Balaban J connectivity index is 1.88. The monoisotopic (exact) mass is 395 g/mol. The summed E-state index contributed by atoms with van der Waals surface area (Å²) >= 11 is 7.21. The van der Waals surface area contributed by atoms with Gasteiger partial charge in [-0.05, 0) is 26.0 Å². The van der Waals surface area contributed by atoms with Crippen molar-refractivity contribution in [2.45, 2.75) is 19.9 Å². The molecule has 1 atom stereocenters. The number of nitrogens with zero attached hydrogens (tertiary/aromatic N) is 1. The first kappa shape index (κ1) is 19.9. The molecule has 2 aromatic rings. The van der Waals surface area contributed by atoms with Crippen molar-refractivity contribution in [2.75, 3.05) is 13.2 Å². The molecule has 1 heterocycles. The highest BCUT2D eigenvalue weighted by Crippen LogP contribution is 2.26. The molecule has 0 radical (unpaired) electrons. The molecule has 138 valence electrons. The molecule has 0 aliphatic rings. The van der Waals surface area contributed by atoms with Crippen molar-refractivity contribution < 1.29 is 19.1 Å². The molecule has 9 heteroatoms. The van der Waals surface area contributed by atoms with E-state index in [4.69, 9.17) is 16.3 Å². The molecule has 2 rings (SSSR count). The van der Waals surface area contributed by atoms with Crippen LogP contribution in [0, 0.1) is 0 Å². The Morgan fingerprint density at radius 2 is 2.12 bits per heavy atom. The van der Waals surface area contributed by atoms with Gasteiger partial charge in [-0.3, -0.25) is 9.59 Å². The predicted octanol–water partition coefficient (Wildman–Crippen LogP) is 2.26. The molecule has 26 heavy (non-hydrogen) atoms. The SMILES string of the molecule is CCNC(=O)[C@@H](C)NC(=O)COC(=O)c1csc(-c2cccc(Cl)c2)n1. The maximum absolute atomic E-state index is 12.0. The van der Waals surface area contributed by atoms with Crippen molar-refractivity contribution in [3.8, 4) is 10.6 Å². The summed E-state index contributed by atoms with van der Waals surface area (Å²) in [4.78, 5) is 39.5. The number of rotatable bonds is 7. The molecular formula is C17H18ClN3O4S. The fraction of sp³-hybridized carbons (Fsp3) is 0.294. The summed E-state index contributed by atoms with van der Waals surface area (Å²) in [5.74, 6) is -1.59. The van der Waals surface area contributed by atoms with Gasteiger partial charge in [0.1, 0.15) is 11.0 Å². The highest BCUT2D eigenvalue weighted by atomic mass is 35.5. The predicted molar refractivity (Wildman–Crippen MR) is 99.1 cm³/mol. The third kappa shape index (κ3) is 5.53. The number of amides is 2. The average molecular weight is 396 g/mol. The van der Waals surface area contributed by atoms with Gasteiger partial charge in [-0.2, -0.15) is 0 Å². The lowest BCUT2D eigenvalue weighted by Crippen LogP contribution is -2.46. The number of carbonyl (C=O) groups excluding carboxylic acids is 3. The Kier molecular flexibility index (Phi) is 7.11. The van der Waals surface area contributed by atoms with Crippen molar-refractivity contribution in [3.05, 3.63) is 40.4 Å². The molecule has 1 aromatic heterocycles. The molecule has 0 saturated heterocycles. The van der Waals surface area contributed by atoms with Gasteiger partial charge in [-0.15, -0.1) is 11.3 Å². The van der Waals surface area contributed by atoms with Gasteiger partial charge in [-0.1, -0.05) is 23.7 Å². The van der Waals surface area contributed by atoms with Crippen LogP contribution in [0.15, 0.2) is 29.6 Å². The molecule has 7 nitrogen and oxygen atoms in total. The van der Waals surface area contributed by atoms with Gasteiger partial charge in [0.25, 0.3) is 5.91 Å². The maximum Gasteiger partial charge on any atom is 0.358 e. The Labute approximate surface area is 159 Å². The lowest BCUT2D eigenvalue weighted by atomic mass is 10.2. The van der Waals surface area contributed by atoms with E-state index in [1.807, 2.05) is 6.07 Å². The van der Waals surface area contributed by atoms with Gasteiger partial charge in [0.2, 0.25) is 5.91 Å². The van der Waals surface area contributed by atoms with Crippen molar-refractivity contribution in [2.24, 2.45) is 0 Å². The van der Waals surface area contributed by atoms with Gasteiger partial charge in [-0.25, -0.2) is 9.78 Å². The molecule has 0 saturated carbocycles. The Bertz CT molecular complexity index is 809. The number of ether oxygens (including phenoxy) is 1. The van der Waals surface area contributed by atoms with Crippen molar-refractivity contribution in [1.29, 1.82) is 0 Å². The molecule has 1 aromatic carbocycles. The van der Waals surface area contributed by atoms with E-state index >= 15 is 0 Å². The van der Waals surface area contributed by atoms with Crippen LogP contribution in [0.25, 0.3) is 10.6 Å². The first-order valence-corrected chi connectivity index (χ1v) is 9.12. The van der Waals surface area contributed by atoms with E-state index in [0.717, 1.165) is 5.56 Å². The molecule has 2 N–H and O–H groups in total. The van der Waals surface area contributed by atoms with Crippen LogP contribution in [0.1, 0.15) is 24.3 Å². The van der Waals surface area contributed by atoms with Crippen LogP contribution in [0.4, 0.5) is 0 Å². The van der Waals surface area contributed by atoms with Gasteiger partial charge < -0.3 is 15.4 Å². The second-order valence-electron chi connectivity index (χ2n) is 5.31. The summed E-state index contributed by atoms with van der Waals surface area (Å²) in [6, 6.07) is 6.39. The van der Waals surface area contributed by atoms with Crippen molar-refractivity contribution >= 4 is 40.7 Å². The van der Waals surface area contributed by atoms with Gasteiger partial charge in [0.05, 0.1) is 0 Å². The van der Waals surface area contributed by atoms with E-state index in [-0.39, 0.29) is 11.6 Å². The first-order chi connectivity index (χ1) is 12.4. The highest BCUT2D eigenvalue weighted by Gasteiger charge is 2.18. The third-order valence-electron chi connectivity index (χ3n) is 3.24. The molecule has 0 spiro atoms. The summed E-state index contributed by atoms with van der Waals surface area (Å²) in [5, 5.41) is 7.77. The van der Waals surface area contributed by atoms with E-state index < -0.39 is 24.5 Å². The fourth-order valence-corrected chi connectivity index (χ4v) is 2.98. The van der Waals surface area contributed by atoms with Crippen LogP contribution in [0.5, 0.6) is 0 Å². The summed E-state index contributed by atoms with van der Waals surface area (Å²) in [6.45, 7) is 3.29. The zero-order valence-corrected chi connectivity index (χ0v) is 15.8. The summed E-state index contributed by atoms with van der Waals surface area (Å²) in [7, 11) is 0. The third-order valence-corrected chi connectivity index (χ3v) is 4.37. The minimum absolute atomic E-state index is 0.106. The number of thiazole rings is 1. The molecule has 2 amide bonds. The van der Waals surface area contributed by atoms with Crippen LogP contribution in [0.2, 0.25) is 5.02 Å².